The zero-order valence-electron chi connectivity index (χ0n) is 14.3. The van der Waals surface area contributed by atoms with Gasteiger partial charge >= 0.3 is 0 Å². The Hall–Kier alpha value is 0.0649. The molecule has 0 nitrogen and oxygen atoms in total. The first kappa shape index (κ1) is 17.1. The molecule has 1 heteroatoms. The van der Waals surface area contributed by atoms with E-state index in [-0.39, 0.29) is 5.31 Å². The molecular weight excluding hydrogens is 227 g/mol. The van der Waals surface area contributed by atoms with Gasteiger partial charge in [0.05, 0.1) is 7.85 Å². The molecule has 0 bridgehead atoms. The van der Waals surface area contributed by atoms with Crippen LogP contribution < -0.4 is 0 Å². The Morgan fingerprint density at radius 1 is 1.05 bits per heavy atom. The molecule has 0 heterocycles. The van der Waals surface area contributed by atoms with E-state index in [0.717, 1.165) is 18.8 Å². The summed E-state index contributed by atoms with van der Waals surface area (Å²) < 4.78 is 0. The summed E-state index contributed by atoms with van der Waals surface area (Å²) in [6.45, 7) is 14.3. The molecule has 3 atom stereocenters. The van der Waals surface area contributed by atoms with Gasteiger partial charge in [0, 0.05) is 0 Å². The lowest BCUT2D eigenvalue weighted by Gasteiger charge is -2.60. The van der Waals surface area contributed by atoms with Crippen LogP contribution in [0.3, 0.4) is 0 Å². The van der Waals surface area contributed by atoms with Gasteiger partial charge < -0.3 is 0 Å². The van der Waals surface area contributed by atoms with Gasteiger partial charge in [0.1, 0.15) is 0 Å². The second-order valence-corrected chi connectivity index (χ2v) is 7.43. The van der Waals surface area contributed by atoms with Crippen molar-refractivity contribution in [3.05, 3.63) is 0 Å². The quantitative estimate of drug-likeness (QED) is 0.460. The van der Waals surface area contributed by atoms with Crippen molar-refractivity contribution >= 4 is 7.85 Å². The van der Waals surface area contributed by atoms with Crippen LogP contribution in [0, 0.1) is 16.7 Å². The Morgan fingerprint density at radius 2 is 1.63 bits per heavy atom. The molecule has 0 aromatic carbocycles. The summed E-state index contributed by atoms with van der Waals surface area (Å²) in [6, 6.07) is 0. The van der Waals surface area contributed by atoms with Crippen LogP contribution in [0.1, 0.15) is 92.9 Å². The van der Waals surface area contributed by atoms with Crippen LogP contribution in [0.25, 0.3) is 0 Å². The Kier molecular flexibility index (Phi) is 5.61. The van der Waals surface area contributed by atoms with Gasteiger partial charge in [0.15, 0.2) is 0 Å². The lowest BCUT2D eigenvalue weighted by molar-refractivity contribution is -0.0973. The van der Waals surface area contributed by atoms with Crippen molar-refractivity contribution in [3.63, 3.8) is 0 Å². The van der Waals surface area contributed by atoms with Gasteiger partial charge in [-0.15, -0.1) is 0 Å². The largest absolute Gasteiger partial charge is 0.0746 e. The van der Waals surface area contributed by atoms with Crippen LogP contribution >= 0.6 is 0 Å². The third-order valence-corrected chi connectivity index (χ3v) is 7.16. The average Bonchev–Trinajstić information content (AvgIpc) is 2.44. The van der Waals surface area contributed by atoms with Crippen molar-refractivity contribution in [1.82, 2.24) is 0 Å². The molecule has 0 aliphatic heterocycles. The minimum atomic E-state index is 0.0678. The van der Waals surface area contributed by atoms with Crippen LogP contribution in [-0.4, -0.2) is 7.85 Å². The standard InChI is InChI=1S/C18H35B/c1-7-16(6,13-14-17(19,8-2)9-3)18(10-4)12-11-15(18)5/h15H,7-14H2,1-6H3. The third-order valence-electron chi connectivity index (χ3n) is 7.16. The number of hydrogen-bond acceptors (Lipinski definition) is 0. The molecule has 1 aliphatic rings. The van der Waals surface area contributed by atoms with E-state index < -0.39 is 0 Å². The summed E-state index contributed by atoms with van der Waals surface area (Å²) in [5.74, 6) is 0.901. The SMILES string of the molecule is [B]C(CC)(CC)CCC(C)(CC)C1(CC)CCC1C. The zero-order valence-corrected chi connectivity index (χ0v) is 14.3. The summed E-state index contributed by atoms with van der Waals surface area (Å²) in [5.41, 5.74) is 1.07. The first-order valence-corrected chi connectivity index (χ1v) is 8.62. The fourth-order valence-electron chi connectivity index (χ4n) is 4.54. The van der Waals surface area contributed by atoms with Gasteiger partial charge in [-0.3, -0.25) is 0 Å². The van der Waals surface area contributed by atoms with E-state index in [9.17, 15) is 0 Å². The molecule has 0 amide bonds. The predicted octanol–water partition coefficient (Wildman–Crippen LogP) is 6.16. The predicted molar refractivity (Wildman–Crippen MR) is 87.8 cm³/mol. The van der Waals surface area contributed by atoms with Crippen LogP contribution in [-0.2, 0) is 0 Å². The lowest BCUT2D eigenvalue weighted by atomic mass is 9.45. The highest BCUT2D eigenvalue weighted by Crippen LogP contribution is 2.63. The van der Waals surface area contributed by atoms with Crippen LogP contribution in [0.15, 0.2) is 0 Å². The van der Waals surface area contributed by atoms with Crippen LogP contribution in [0.5, 0.6) is 0 Å². The fraction of sp³-hybridized carbons (Fsp3) is 1.00. The fourth-order valence-corrected chi connectivity index (χ4v) is 4.54. The molecule has 3 unspecified atom stereocenters. The smallest absolute Gasteiger partial charge is 0.0666 e. The van der Waals surface area contributed by atoms with Crippen LogP contribution in [0.4, 0.5) is 0 Å². The summed E-state index contributed by atoms with van der Waals surface area (Å²) in [4.78, 5) is 0. The van der Waals surface area contributed by atoms with Crippen molar-refractivity contribution in [1.29, 1.82) is 0 Å². The minimum Gasteiger partial charge on any atom is -0.0666 e. The Morgan fingerprint density at radius 3 is 1.89 bits per heavy atom. The van der Waals surface area contributed by atoms with Crippen molar-refractivity contribution in [2.75, 3.05) is 0 Å². The molecule has 0 N–H and O–H groups in total. The van der Waals surface area contributed by atoms with Gasteiger partial charge in [0.2, 0.25) is 0 Å². The van der Waals surface area contributed by atoms with E-state index in [1.165, 1.54) is 38.5 Å². The molecule has 1 aliphatic carbocycles. The van der Waals surface area contributed by atoms with E-state index >= 15 is 0 Å². The molecule has 1 saturated carbocycles. The average molecular weight is 262 g/mol. The normalized spacial score (nSPS) is 30.7. The molecular formula is C18H35B. The van der Waals surface area contributed by atoms with Crippen LogP contribution in [0.2, 0.25) is 5.31 Å². The Labute approximate surface area is 123 Å². The van der Waals surface area contributed by atoms with Crippen molar-refractivity contribution in [2.24, 2.45) is 16.7 Å². The van der Waals surface area contributed by atoms with E-state index in [2.05, 4.69) is 41.5 Å². The molecule has 0 aromatic rings. The van der Waals surface area contributed by atoms with Crippen molar-refractivity contribution < 1.29 is 0 Å². The van der Waals surface area contributed by atoms with Gasteiger partial charge in [-0.25, -0.2) is 0 Å². The minimum absolute atomic E-state index is 0.0678. The molecule has 0 aromatic heterocycles. The maximum atomic E-state index is 6.54. The molecule has 0 saturated heterocycles. The summed E-state index contributed by atoms with van der Waals surface area (Å²) in [7, 11) is 6.54. The zero-order chi connectivity index (χ0) is 14.7. The molecule has 19 heavy (non-hydrogen) atoms. The Bertz CT molecular complexity index is 277. The summed E-state index contributed by atoms with van der Waals surface area (Å²) in [5, 5.41) is 0.0678. The van der Waals surface area contributed by atoms with Gasteiger partial charge in [-0.1, -0.05) is 72.5 Å². The molecule has 2 radical (unpaired) electrons. The highest BCUT2D eigenvalue weighted by atomic mass is 14.6. The molecule has 1 fully saturated rings. The highest BCUT2D eigenvalue weighted by Gasteiger charge is 2.53. The first-order chi connectivity index (χ1) is 8.83. The molecule has 1 rings (SSSR count). The number of hydrogen-bond donors (Lipinski definition) is 0. The molecule has 0 spiro atoms. The van der Waals surface area contributed by atoms with Gasteiger partial charge in [-0.2, -0.15) is 0 Å². The monoisotopic (exact) mass is 262 g/mol. The first-order valence-electron chi connectivity index (χ1n) is 8.62. The number of rotatable bonds is 8. The lowest BCUT2D eigenvalue weighted by Crippen LogP contribution is -2.50. The topological polar surface area (TPSA) is 0 Å². The molecule has 110 valence electrons. The maximum Gasteiger partial charge on any atom is 0.0746 e. The van der Waals surface area contributed by atoms with E-state index in [1.54, 1.807) is 0 Å². The second kappa shape index (κ2) is 6.23. The third kappa shape index (κ3) is 2.90. The summed E-state index contributed by atoms with van der Waals surface area (Å²) in [6.07, 6.45) is 10.2. The second-order valence-electron chi connectivity index (χ2n) is 7.43. The van der Waals surface area contributed by atoms with Gasteiger partial charge in [-0.05, 0) is 42.4 Å². The van der Waals surface area contributed by atoms with E-state index in [0.29, 0.717) is 10.8 Å². The summed E-state index contributed by atoms with van der Waals surface area (Å²) >= 11 is 0. The Balaban J connectivity index is 2.81. The van der Waals surface area contributed by atoms with E-state index in [4.69, 9.17) is 7.85 Å². The highest BCUT2D eigenvalue weighted by molar-refractivity contribution is 6.15. The van der Waals surface area contributed by atoms with E-state index in [1.807, 2.05) is 0 Å². The van der Waals surface area contributed by atoms with Gasteiger partial charge in [0.25, 0.3) is 0 Å². The maximum absolute atomic E-state index is 6.54. The van der Waals surface area contributed by atoms with Crippen molar-refractivity contribution in [3.8, 4) is 0 Å². The van der Waals surface area contributed by atoms with Crippen molar-refractivity contribution in [2.45, 2.75) is 98.2 Å².